The van der Waals surface area contributed by atoms with Crippen molar-refractivity contribution < 1.29 is 0 Å². The zero-order chi connectivity index (χ0) is 18.5. The van der Waals surface area contributed by atoms with E-state index in [-0.39, 0.29) is 5.43 Å². The Balaban J connectivity index is 1.78. The van der Waals surface area contributed by atoms with Gasteiger partial charge in [-0.25, -0.2) is 9.50 Å². The normalized spacial score (nSPS) is 14.0. The molecule has 5 heteroatoms. The van der Waals surface area contributed by atoms with Crippen LogP contribution in [0.5, 0.6) is 0 Å². The zero-order valence-electron chi connectivity index (χ0n) is 14.9. The molecule has 0 unspecified atom stereocenters. The summed E-state index contributed by atoms with van der Waals surface area (Å²) in [6.45, 7) is 2.05. The van der Waals surface area contributed by atoms with Crippen LogP contribution < -0.4 is 5.43 Å². The molecule has 4 nitrogen and oxygen atoms in total. The molecule has 2 aromatic carbocycles. The standard InChI is InChI=1S/C22H18ClN3O/c1-13-2-4-14(5-3-13)18-12-19(27)22-24-20(15-6-7-15)21(26(22)25-18)16-8-10-17(23)11-9-16/h2-5,8-12,15,25H,6-7H2,1H3. The van der Waals surface area contributed by atoms with E-state index in [1.807, 2.05) is 60.0 Å². The highest BCUT2D eigenvalue weighted by atomic mass is 35.5. The molecule has 1 saturated carbocycles. The Labute approximate surface area is 161 Å². The number of H-pyrrole nitrogens is 1. The number of aromatic nitrogens is 3. The second kappa shape index (κ2) is 6.10. The number of rotatable bonds is 3. The molecule has 1 aliphatic rings. The van der Waals surface area contributed by atoms with Crippen LogP contribution in [0.2, 0.25) is 5.02 Å². The van der Waals surface area contributed by atoms with Gasteiger partial charge < -0.3 is 0 Å². The lowest BCUT2D eigenvalue weighted by Crippen LogP contribution is -2.09. The molecule has 1 N–H and O–H groups in total. The van der Waals surface area contributed by atoms with Crippen LogP contribution in [0.3, 0.4) is 0 Å². The Kier molecular flexibility index (Phi) is 3.69. The molecular weight excluding hydrogens is 358 g/mol. The molecule has 0 radical (unpaired) electrons. The van der Waals surface area contributed by atoms with Gasteiger partial charge in [-0.05, 0) is 37.5 Å². The van der Waals surface area contributed by atoms with Gasteiger partial charge in [-0.1, -0.05) is 53.6 Å². The lowest BCUT2D eigenvalue weighted by atomic mass is 10.1. The van der Waals surface area contributed by atoms with Crippen LogP contribution in [0.15, 0.2) is 59.4 Å². The number of nitrogens with one attached hydrogen (secondary N) is 1. The molecule has 0 bridgehead atoms. The number of hydrogen-bond acceptors (Lipinski definition) is 2. The highest BCUT2D eigenvalue weighted by Gasteiger charge is 2.31. The minimum absolute atomic E-state index is 0.0774. The van der Waals surface area contributed by atoms with Crippen LogP contribution >= 0.6 is 11.6 Å². The summed E-state index contributed by atoms with van der Waals surface area (Å²) in [7, 11) is 0. The van der Waals surface area contributed by atoms with Gasteiger partial charge in [-0.2, -0.15) is 0 Å². The highest BCUT2D eigenvalue weighted by molar-refractivity contribution is 6.30. The van der Waals surface area contributed by atoms with Crippen LogP contribution in [0.4, 0.5) is 0 Å². The Bertz CT molecular complexity index is 1200. The molecule has 0 aliphatic heterocycles. The molecule has 27 heavy (non-hydrogen) atoms. The molecule has 0 amide bonds. The molecule has 5 rings (SSSR count). The maximum absolute atomic E-state index is 12.8. The number of halogens is 1. The van der Waals surface area contributed by atoms with Crippen molar-refractivity contribution in [1.82, 2.24) is 14.6 Å². The van der Waals surface area contributed by atoms with E-state index < -0.39 is 0 Å². The van der Waals surface area contributed by atoms with Crippen molar-refractivity contribution in [2.75, 3.05) is 0 Å². The Morgan fingerprint density at radius 3 is 2.37 bits per heavy atom. The number of benzene rings is 2. The van der Waals surface area contributed by atoms with Gasteiger partial charge >= 0.3 is 0 Å². The van der Waals surface area contributed by atoms with E-state index in [9.17, 15) is 4.79 Å². The SMILES string of the molecule is Cc1ccc(-c2cc(=O)c3nc(C4CC4)c(-c4ccc(Cl)cc4)n3[nH]2)cc1. The Morgan fingerprint density at radius 1 is 1.04 bits per heavy atom. The van der Waals surface area contributed by atoms with Gasteiger partial charge in [0, 0.05) is 22.6 Å². The number of hydrogen-bond donors (Lipinski definition) is 1. The molecule has 1 fully saturated rings. The minimum atomic E-state index is -0.0774. The first-order valence-corrected chi connectivity index (χ1v) is 9.46. The number of aryl methyl sites for hydroxylation is 1. The number of nitrogens with zero attached hydrogens (tertiary/aromatic N) is 2. The third-order valence-corrected chi connectivity index (χ3v) is 5.33. The number of aromatic amines is 1. The van der Waals surface area contributed by atoms with E-state index in [2.05, 4.69) is 5.10 Å². The van der Waals surface area contributed by atoms with Gasteiger partial charge in [0.25, 0.3) is 0 Å². The minimum Gasteiger partial charge on any atom is -0.291 e. The lowest BCUT2D eigenvalue weighted by Gasteiger charge is -2.08. The highest BCUT2D eigenvalue weighted by Crippen LogP contribution is 2.44. The summed E-state index contributed by atoms with van der Waals surface area (Å²) in [6, 6.07) is 17.5. The van der Waals surface area contributed by atoms with Crippen molar-refractivity contribution in [2.45, 2.75) is 25.7 Å². The quantitative estimate of drug-likeness (QED) is 0.535. The molecular formula is C22H18ClN3O. The van der Waals surface area contributed by atoms with Crippen molar-refractivity contribution in [3.05, 3.63) is 81.1 Å². The molecule has 2 heterocycles. The lowest BCUT2D eigenvalue weighted by molar-refractivity contribution is 0.938. The van der Waals surface area contributed by atoms with E-state index in [0.717, 1.165) is 41.1 Å². The van der Waals surface area contributed by atoms with Crippen LogP contribution in [0.25, 0.3) is 28.2 Å². The number of fused-ring (bicyclic) bond motifs is 1. The Hall–Kier alpha value is -2.85. The van der Waals surface area contributed by atoms with Gasteiger partial charge in [0.1, 0.15) is 0 Å². The second-order valence-electron chi connectivity index (χ2n) is 7.19. The number of imidazole rings is 1. The summed E-state index contributed by atoms with van der Waals surface area (Å²) in [6.07, 6.45) is 2.23. The fraction of sp³-hybridized carbons (Fsp3) is 0.182. The van der Waals surface area contributed by atoms with Gasteiger partial charge in [0.2, 0.25) is 11.1 Å². The molecule has 0 spiro atoms. The monoisotopic (exact) mass is 375 g/mol. The van der Waals surface area contributed by atoms with Crippen LogP contribution in [-0.4, -0.2) is 14.6 Å². The van der Waals surface area contributed by atoms with Gasteiger partial charge in [-0.15, -0.1) is 0 Å². The molecule has 2 aromatic heterocycles. The first-order valence-electron chi connectivity index (χ1n) is 9.09. The maximum Gasteiger partial charge on any atom is 0.225 e. The van der Waals surface area contributed by atoms with Crippen molar-refractivity contribution in [2.24, 2.45) is 0 Å². The summed E-state index contributed by atoms with van der Waals surface area (Å²) in [5.74, 6) is 0.422. The van der Waals surface area contributed by atoms with Crippen LogP contribution in [0, 0.1) is 6.92 Å². The van der Waals surface area contributed by atoms with Crippen molar-refractivity contribution in [3.63, 3.8) is 0 Å². The maximum atomic E-state index is 12.8. The van der Waals surface area contributed by atoms with Gasteiger partial charge in [-0.3, -0.25) is 9.89 Å². The van der Waals surface area contributed by atoms with Crippen molar-refractivity contribution in [3.8, 4) is 22.5 Å². The molecule has 0 saturated heterocycles. The average Bonchev–Trinajstić information content (AvgIpc) is 3.44. The van der Waals surface area contributed by atoms with Gasteiger partial charge in [0.15, 0.2) is 0 Å². The van der Waals surface area contributed by atoms with E-state index >= 15 is 0 Å². The summed E-state index contributed by atoms with van der Waals surface area (Å²) in [5.41, 5.74) is 6.25. The molecule has 0 atom stereocenters. The van der Waals surface area contributed by atoms with E-state index in [0.29, 0.717) is 16.6 Å². The van der Waals surface area contributed by atoms with Gasteiger partial charge in [0.05, 0.1) is 17.1 Å². The summed E-state index contributed by atoms with van der Waals surface area (Å²) < 4.78 is 1.84. The predicted molar refractivity (Wildman–Crippen MR) is 108 cm³/mol. The smallest absolute Gasteiger partial charge is 0.225 e. The first kappa shape index (κ1) is 16.3. The average molecular weight is 376 g/mol. The van der Waals surface area contributed by atoms with Crippen LogP contribution in [-0.2, 0) is 0 Å². The second-order valence-corrected chi connectivity index (χ2v) is 7.62. The van der Waals surface area contributed by atoms with E-state index in [4.69, 9.17) is 16.6 Å². The fourth-order valence-corrected chi connectivity index (χ4v) is 3.59. The fourth-order valence-electron chi connectivity index (χ4n) is 3.47. The van der Waals surface area contributed by atoms with E-state index in [1.165, 1.54) is 5.56 Å². The van der Waals surface area contributed by atoms with Crippen molar-refractivity contribution >= 4 is 17.2 Å². The topological polar surface area (TPSA) is 50.2 Å². The largest absolute Gasteiger partial charge is 0.291 e. The van der Waals surface area contributed by atoms with Crippen molar-refractivity contribution in [1.29, 1.82) is 0 Å². The molecule has 1 aliphatic carbocycles. The predicted octanol–water partition coefficient (Wildman–Crippen LogP) is 5.20. The molecule has 4 aromatic rings. The third kappa shape index (κ3) is 2.86. The first-order chi connectivity index (χ1) is 13.1. The Morgan fingerprint density at radius 2 is 1.70 bits per heavy atom. The van der Waals surface area contributed by atoms with Crippen LogP contribution in [0.1, 0.15) is 30.0 Å². The van der Waals surface area contributed by atoms with E-state index in [1.54, 1.807) is 6.07 Å². The molecule has 134 valence electrons. The summed E-state index contributed by atoms with van der Waals surface area (Å²) >= 11 is 6.07. The summed E-state index contributed by atoms with van der Waals surface area (Å²) in [4.78, 5) is 17.5. The summed E-state index contributed by atoms with van der Waals surface area (Å²) in [5, 5.41) is 4.10. The zero-order valence-corrected chi connectivity index (χ0v) is 15.6. The third-order valence-electron chi connectivity index (χ3n) is 5.08.